The van der Waals surface area contributed by atoms with Crippen molar-refractivity contribution in [3.8, 4) is 5.75 Å². The quantitative estimate of drug-likeness (QED) is 0.360. The summed E-state index contributed by atoms with van der Waals surface area (Å²) in [5, 5.41) is 11.1. The van der Waals surface area contributed by atoms with E-state index in [-0.39, 0.29) is 40.8 Å². The van der Waals surface area contributed by atoms with Gasteiger partial charge in [0, 0.05) is 24.0 Å². The number of nitrogens with zero attached hydrogens (tertiary/aromatic N) is 2. The van der Waals surface area contributed by atoms with E-state index < -0.39 is 16.8 Å². The molecule has 2 aliphatic carbocycles. The SMILES string of the molecule is COc1ccc([N+](=O)[O-])cc1N1C(=O)[C@@H]2[C@H](C1=O)[C@H]1C=C[C@H]2C1=C(C)C. The number of imide groups is 1. The molecule has 1 saturated carbocycles. The Hall–Kier alpha value is -2.96. The van der Waals surface area contributed by atoms with Crippen LogP contribution in [0.15, 0.2) is 41.5 Å². The third kappa shape index (κ3) is 2.00. The minimum Gasteiger partial charge on any atom is -0.495 e. The second-order valence-electron chi connectivity index (χ2n) is 7.07. The third-order valence-corrected chi connectivity index (χ3v) is 5.61. The maximum atomic E-state index is 13.1. The molecule has 1 aromatic rings. The first-order valence-corrected chi connectivity index (χ1v) is 8.42. The normalized spacial score (nSPS) is 28.7. The number of carbonyl (C=O) groups is 2. The highest BCUT2D eigenvalue weighted by atomic mass is 16.6. The number of rotatable bonds is 3. The average molecular weight is 354 g/mol. The van der Waals surface area contributed by atoms with Crippen molar-refractivity contribution < 1.29 is 19.2 Å². The van der Waals surface area contributed by atoms with E-state index in [1.807, 2.05) is 26.0 Å². The van der Waals surface area contributed by atoms with E-state index in [9.17, 15) is 19.7 Å². The Labute approximate surface area is 150 Å². The second-order valence-corrected chi connectivity index (χ2v) is 7.07. The van der Waals surface area contributed by atoms with Crippen LogP contribution in [0.25, 0.3) is 0 Å². The van der Waals surface area contributed by atoms with Gasteiger partial charge in [0.15, 0.2) is 0 Å². The second kappa shape index (κ2) is 5.52. The molecule has 0 N–H and O–H groups in total. The number of hydrogen-bond donors (Lipinski definition) is 0. The molecule has 4 rings (SSSR count). The summed E-state index contributed by atoms with van der Waals surface area (Å²) in [7, 11) is 1.41. The number of anilines is 1. The summed E-state index contributed by atoms with van der Waals surface area (Å²) < 4.78 is 5.25. The highest BCUT2D eigenvalue weighted by Crippen LogP contribution is 2.57. The molecule has 1 aliphatic heterocycles. The van der Waals surface area contributed by atoms with Gasteiger partial charge in [0.05, 0.1) is 23.9 Å². The van der Waals surface area contributed by atoms with Gasteiger partial charge in [-0.05, 0) is 19.9 Å². The molecule has 3 aliphatic rings. The summed E-state index contributed by atoms with van der Waals surface area (Å²) in [6.45, 7) is 4.00. The fourth-order valence-electron chi connectivity index (χ4n) is 4.63. The lowest BCUT2D eigenvalue weighted by atomic mass is 9.85. The Kier molecular flexibility index (Phi) is 3.50. The molecule has 26 heavy (non-hydrogen) atoms. The van der Waals surface area contributed by atoms with E-state index >= 15 is 0 Å². The first-order chi connectivity index (χ1) is 12.4. The van der Waals surface area contributed by atoms with Crippen LogP contribution in [0.1, 0.15) is 13.8 Å². The van der Waals surface area contributed by atoms with Crippen molar-refractivity contribution in [3.63, 3.8) is 0 Å². The number of benzene rings is 1. The minimum atomic E-state index is -0.554. The molecule has 2 bridgehead atoms. The van der Waals surface area contributed by atoms with Gasteiger partial charge in [0.1, 0.15) is 11.4 Å². The van der Waals surface area contributed by atoms with Crippen molar-refractivity contribution in [1.29, 1.82) is 0 Å². The van der Waals surface area contributed by atoms with Crippen LogP contribution in [0.4, 0.5) is 11.4 Å². The van der Waals surface area contributed by atoms with E-state index in [4.69, 9.17) is 4.74 Å². The molecule has 0 radical (unpaired) electrons. The molecule has 2 amide bonds. The van der Waals surface area contributed by atoms with Crippen LogP contribution >= 0.6 is 0 Å². The molecule has 1 aromatic carbocycles. The van der Waals surface area contributed by atoms with Crippen molar-refractivity contribution in [2.75, 3.05) is 12.0 Å². The van der Waals surface area contributed by atoms with Gasteiger partial charge in [-0.15, -0.1) is 0 Å². The Bertz CT molecular complexity index is 879. The standard InChI is InChI=1S/C19H18N2O5/c1-9(2)15-11-5-6-12(15)17-16(11)18(22)20(19(17)23)13-8-10(21(24)25)4-7-14(13)26-3/h4-8,11-12,16-17H,1-3H3/t11-,12-,16-,17+/m0/s1. The first-order valence-electron chi connectivity index (χ1n) is 8.42. The summed E-state index contributed by atoms with van der Waals surface area (Å²) >= 11 is 0. The molecule has 0 aromatic heterocycles. The lowest BCUT2D eigenvalue weighted by Crippen LogP contribution is -2.33. The van der Waals surface area contributed by atoms with E-state index in [0.717, 1.165) is 16.0 Å². The summed E-state index contributed by atoms with van der Waals surface area (Å²) in [6.07, 6.45) is 4.01. The summed E-state index contributed by atoms with van der Waals surface area (Å²) in [5.41, 5.74) is 2.25. The number of amides is 2. The van der Waals surface area contributed by atoms with Gasteiger partial charge >= 0.3 is 0 Å². The number of ether oxygens (including phenoxy) is 1. The molecule has 134 valence electrons. The Morgan fingerprint density at radius 2 is 1.69 bits per heavy atom. The van der Waals surface area contributed by atoms with Gasteiger partial charge in [-0.25, -0.2) is 4.90 Å². The molecular formula is C19H18N2O5. The van der Waals surface area contributed by atoms with Crippen LogP contribution in [0.2, 0.25) is 0 Å². The van der Waals surface area contributed by atoms with Crippen molar-refractivity contribution >= 4 is 23.2 Å². The van der Waals surface area contributed by atoms with Crippen molar-refractivity contribution in [1.82, 2.24) is 0 Å². The Balaban J connectivity index is 1.80. The lowest BCUT2D eigenvalue weighted by Gasteiger charge is -2.21. The number of nitro benzene ring substituents is 1. The first kappa shape index (κ1) is 16.5. The van der Waals surface area contributed by atoms with Crippen LogP contribution in [0.5, 0.6) is 5.75 Å². The molecule has 2 fully saturated rings. The molecule has 1 heterocycles. The summed E-state index contributed by atoms with van der Waals surface area (Å²) in [5.74, 6) is -1.37. The lowest BCUT2D eigenvalue weighted by molar-refractivity contribution is -0.384. The molecular weight excluding hydrogens is 336 g/mol. The molecule has 0 unspecified atom stereocenters. The Morgan fingerprint density at radius 3 is 2.15 bits per heavy atom. The predicted octanol–water partition coefficient (Wildman–Crippen LogP) is 2.86. The largest absolute Gasteiger partial charge is 0.495 e. The summed E-state index contributed by atoms with van der Waals surface area (Å²) in [6, 6.07) is 3.93. The number of carbonyl (C=O) groups excluding carboxylic acids is 2. The molecule has 7 heteroatoms. The third-order valence-electron chi connectivity index (χ3n) is 5.61. The van der Waals surface area contributed by atoms with Gasteiger partial charge in [0.2, 0.25) is 11.8 Å². The number of nitro groups is 1. The van der Waals surface area contributed by atoms with Gasteiger partial charge < -0.3 is 4.74 Å². The number of hydrogen-bond acceptors (Lipinski definition) is 5. The smallest absolute Gasteiger partial charge is 0.271 e. The number of non-ortho nitro benzene ring substituents is 1. The minimum absolute atomic E-state index is 0.0684. The zero-order valence-corrected chi connectivity index (χ0v) is 14.6. The maximum absolute atomic E-state index is 13.1. The van der Waals surface area contributed by atoms with E-state index in [0.29, 0.717) is 0 Å². The number of methoxy groups -OCH3 is 1. The van der Waals surface area contributed by atoms with Crippen LogP contribution in [0, 0.1) is 33.8 Å². The van der Waals surface area contributed by atoms with E-state index in [1.54, 1.807) is 0 Å². The zero-order valence-electron chi connectivity index (χ0n) is 14.6. The van der Waals surface area contributed by atoms with Gasteiger partial charge in [0.25, 0.3) is 5.69 Å². The fourth-order valence-corrected chi connectivity index (χ4v) is 4.63. The van der Waals surface area contributed by atoms with E-state index in [1.165, 1.54) is 25.3 Å². The average Bonchev–Trinajstić information content (AvgIpc) is 3.24. The van der Waals surface area contributed by atoms with E-state index in [2.05, 4.69) is 0 Å². The van der Waals surface area contributed by atoms with Gasteiger partial charge in [-0.1, -0.05) is 23.3 Å². The summed E-state index contributed by atoms with van der Waals surface area (Å²) in [4.78, 5) is 37.9. The van der Waals surface area contributed by atoms with Gasteiger partial charge in [-0.2, -0.15) is 0 Å². The molecule has 7 nitrogen and oxygen atoms in total. The van der Waals surface area contributed by atoms with Crippen LogP contribution < -0.4 is 9.64 Å². The topological polar surface area (TPSA) is 89.8 Å². The maximum Gasteiger partial charge on any atom is 0.271 e. The van der Waals surface area contributed by atoms with Crippen molar-refractivity contribution in [2.24, 2.45) is 23.7 Å². The number of fused-ring (bicyclic) bond motifs is 5. The fraction of sp³-hybridized carbons (Fsp3) is 0.368. The van der Waals surface area contributed by atoms with Crippen molar-refractivity contribution in [2.45, 2.75) is 13.8 Å². The molecule has 1 saturated heterocycles. The highest BCUT2D eigenvalue weighted by molar-refractivity contribution is 6.24. The number of allylic oxidation sites excluding steroid dienone is 4. The van der Waals surface area contributed by atoms with Crippen LogP contribution in [0.3, 0.4) is 0 Å². The molecule has 4 atom stereocenters. The van der Waals surface area contributed by atoms with Crippen LogP contribution in [-0.4, -0.2) is 23.8 Å². The highest BCUT2D eigenvalue weighted by Gasteiger charge is 2.62. The van der Waals surface area contributed by atoms with Gasteiger partial charge in [-0.3, -0.25) is 19.7 Å². The molecule has 0 spiro atoms. The Morgan fingerprint density at radius 1 is 1.12 bits per heavy atom. The predicted molar refractivity (Wildman–Crippen MR) is 93.6 cm³/mol. The zero-order chi connectivity index (χ0) is 18.7. The van der Waals surface area contributed by atoms with Crippen LogP contribution in [-0.2, 0) is 9.59 Å². The monoisotopic (exact) mass is 354 g/mol. The van der Waals surface area contributed by atoms with Crippen molar-refractivity contribution in [3.05, 3.63) is 51.6 Å².